The van der Waals surface area contributed by atoms with Crippen molar-refractivity contribution in [2.75, 3.05) is 33.4 Å². The van der Waals surface area contributed by atoms with Gasteiger partial charge in [-0.1, -0.05) is 24.3 Å². The zero-order valence-corrected chi connectivity index (χ0v) is 19.6. The standard InChI is InChI=1S/C27H27FN2O4/c1-31-24-9-5-7-18(26(24)33-3)11-14-20-17-23(22-8-6-10-25(32-2)27(22)34-4)30(29-20)21-15-12-19(28)13-16-21/h5-16,23H,17H2,1-4H3/b14-11+/t23-/m1/s1. The monoisotopic (exact) mass is 462 g/mol. The van der Waals surface area contributed by atoms with Crippen LogP contribution in [-0.2, 0) is 0 Å². The summed E-state index contributed by atoms with van der Waals surface area (Å²) in [5, 5.41) is 6.75. The average Bonchev–Trinajstić information content (AvgIpc) is 3.30. The molecule has 0 spiro atoms. The van der Waals surface area contributed by atoms with Crippen LogP contribution in [0.4, 0.5) is 10.1 Å². The molecule has 3 aromatic rings. The number of anilines is 1. The Bertz CT molecular complexity index is 1210. The van der Waals surface area contributed by atoms with Gasteiger partial charge in [-0.3, -0.25) is 5.01 Å². The van der Waals surface area contributed by atoms with Gasteiger partial charge in [0.05, 0.1) is 45.9 Å². The normalized spacial score (nSPS) is 15.4. The Morgan fingerprint density at radius 3 is 2.09 bits per heavy atom. The lowest BCUT2D eigenvalue weighted by Crippen LogP contribution is -2.19. The fourth-order valence-electron chi connectivity index (χ4n) is 4.11. The molecule has 1 atom stereocenters. The third kappa shape index (κ3) is 4.55. The van der Waals surface area contributed by atoms with Crippen LogP contribution in [0.1, 0.15) is 23.6 Å². The number of allylic oxidation sites excluding steroid dienone is 1. The number of hydrogen-bond donors (Lipinski definition) is 0. The molecule has 7 heteroatoms. The van der Waals surface area contributed by atoms with E-state index >= 15 is 0 Å². The molecule has 0 saturated heterocycles. The highest BCUT2D eigenvalue weighted by molar-refractivity contribution is 6.01. The third-order valence-corrected chi connectivity index (χ3v) is 5.71. The maximum atomic E-state index is 13.6. The number of nitrogens with zero attached hydrogens (tertiary/aromatic N) is 2. The van der Waals surface area contributed by atoms with Gasteiger partial charge in [-0.15, -0.1) is 0 Å². The number of para-hydroxylation sites is 2. The Kier molecular flexibility index (Phi) is 7.01. The second-order valence-electron chi connectivity index (χ2n) is 7.63. The number of rotatable bonds is 8. The minimum absolute atomic E-state index is 0.164. The van der Waals surface area contributed by atoms with E-state index in [2.05, 4.69) is 0 Å². The minimum atomic E-state index is -0.298. The van der Waals surface area contributed by atoms with Crippen molar-refractivity contribution in [2.45, 2.75) is 12.5 Å². The van der Waals surface area contributed by atoms with Gasteiger partial charge >= 0.3 is 0 Å². The summed E-state index contributed by atoms with van der Waals surface area (Å²) in [4.78, 5) is 0. The first-order chi connectivity index (χ1) is 16.6. The van der Waals surface area contributed by atoms with E-state index in [4.69, 9.17) is 24.0 Å². The van der Waals surface area contributed by atoms with Crippen molar-refractivity contribution in [3.05, 3.63) is 83.7 Å². The van der Waals surface area contributed by atoms with Crippen molar-refractivity contribution >= 4 is 17.5 Å². The van der Waals surface area contributed by atoms with Gasteiger partial charge in [0.25, 0.3) is 0 Å². The van der Waals surface area contributed by atoms with Crippen LogP contribution in [0.15, 0.2) is 71.8 Å². The summed E-state index contributed by atoms with van der Waals surface area (Å²) in [6.45, 7) is 0. The molecule has 3 aromatic carbocycles. The molecule has 1 aliphatic heterocycles. The highest BCUT2D eigenvalue weighted by Gasteiger charge is 2.31. The van der Waals surface area contributed by atoms with Crippen molar-refractivity contribution in [3.63, 3.8) is 0 Å². The Labute approximate surface area is 198 Å². The first kappa shape index (κ1) is 23.2. The van der Waals surface area contributed by atoms with E-state index in [0.717, 1.165) is 22.5 Å². The molecule has 0 aliphatic carbocycles. The lowest BCUT2D eigenvalue weighted by molar-refractivity contribution is 0.349. The van der Waals surface area contributed by atoms with Crippen LogP contribution in [0, 0.1) is 5.82 Å². The van der Waals surface area contributed by atoms with E-state index in [1.807, 2.05) is 53.6 Å². The topological polar surface area (TPSA) is 52.5 Å². The van der Waals surface area contributed by atoms with E-state index in [1.165, 1.54) is 12.1 Å². The smallest absolute Gasteiger partial charge is 0.167 e. The molecule has 0 unspecified atom stereocenters. The summed E-state index contributed by atoms with van der Waals surface area (Å²) in [7, 11) is 6.46. The van der Waals surface area contributed by atoms with Crippen LogP contribution >= 0.6 is 0 Å². The van der Waals surface area contributed by atoms with Crippen molar-refractivity contribution in [2.24, 2.45) is 5.10 Å². The molecule has 6 nitrogen and oxygen atoms in total. The highest BCUT2D eigenvalue weighted by Crippen LogP contribution is 2.43. The molecule has 0 radical (unpaired) electrons. The largest absolute Gasteiger partial charge is 0.493 e. The molecule has 0 saturated carbocycles. The molecule has 1 aliphatic rings. The van der Waals surface area contributed by atoms with Crippen LogP contribution in [0.2, 0.25) is 0 Å². The minimum Gasteiger partial charge on any atom is -0.493 e. The number of halogens is 1. The zero-order valence-electron chi connectivity index (χ0n) is 19.6. The predicted octanol–water partition coefficient (Wildman–Crippen LogP) is 5.88. The first-order valence-corrected chi connectivity index (χ1v) is 10.8. The summed E-state index contributed by atoms with van der Waals surface area (Å²) in [5.74, 6) is 2.31. The van der Waals surface area contributed by atoms with Gasteiger partial charge in [0.1, 0.15) is 5.82 Å². The average molecular weight is 463 g/mol. The van der Waals surface area contributed by atoms with Gasteiger partial charge in [-0.05, 0) is 48.6 Å². The van der Waals surface area contributed by atoms with E-state index in [0.29, 0.717) is 29.4 Å². The van der Waals surface area contributed by atoms with E-state index in [9.17, 15) is 4.39 Å². The molecular formula is C27H27FN2O4. The number of ether oxygens (including phenoxy) is 4. The van der Waals surface area contributed by atoms with Gasteiger partial charge < -0.3 is 18.9 Å². The molecule has 1 heterocycles. The van der Waals surface area contributed by atoms with Gasteiger partial charge in [-0.2, -0.15) is 5.10 Å². The maximum Gasteiger partial charge on any atom is 0.167 e. The Balaban J connectivity index is 1.73. The summed E-state index contributed by atoms with van der Waals surface area (Å²) in [6, 6.07) is 17.6. The van der Waals surface area contributed by atoms with Crippen LogP contribution in [0.3, 0.4) is 0 Å². The van der Waals surface area contributed by atoms with Gasteiger partial charge in [0.15, 0.2) is 23.0 Å². The van der Waals surface area contributed by atoms with Gasteiger partial charge in [0, 0.05) is 17.5 Å². The Hall–Kier alpha value is -4.00. The molecule has 4 rings (SSSR count). The number of hydrazone groups is 1. The van der Waals surface area contributed by atoms with Crippen molar-refractivity contribution in [3.8, 4) is 23.0 Å². The lowest BCUT2D eigenvalue weighted by Gasteiger charge is -2.26. The number of methoxy groups -OCH3 is 4. The molecule has 0 bridgehead atoms. The summed E-state index contributed by atoms with van der Waals surface area (Å²) in [5.41, 5.74) is 3.43. The van der Waals surface area contributed by atoms with Gasteiger partial charge in [0.2, 0.25) is 0 Å². The van der Waals surface area contributed by atoms with E-state index in [1.54, 1.807) is 40.6 Å². The van der Waals surface area contributed by atoms with Crippen LogP contribution in [0.25, 0.3) is 6.08 Å². The van der Waals surface area contributed by atoms with Gasteiger partial charge in [-0.25, -0.2) is 4.39 Å². The number of hydrogen-bond acceptors (Lipinski definition) is 6. The van der Waals surface area contributed by atoms with Crippen molar-refractivity contribution < 1.29 is 23.3 Å². The van der Waals surface area contributed by atoms with Crippen molar-refractivity contribution in [1.82, 2.24) is 0 Å². The maximum absolute atomic E-state index is 13.6. The quantitative estimate of drug-likeness (QED) is 0.418. The molecule has 0 amide bonds. The molecule has 176 valence electrons. The van der Waals surface area contributed by atoms with E-state index in [-0.39, 0.29) is 11.9 Å². The molecular weight excluding hydrogens is 435 g/mol. The van der Waals surface area contributed by atoms with Crippen LogP contribution in [0.5, 0.6) is 23.0 Å². The Morgan fingerprint density at radius 1 is 0.794 bits per heavy atom. The van der Waals surface area contributed by atoms with E-state index < -0.39 is 0 Å². The third-order valence-electron chi connectivity index (χ3n) is 5.71. The van der Waals surface area contributed by atoms with Crippen molar-refractivity contribution in [1.29, 1.82) is 0 Å². The Morgan fingerprint density at radius 2 is 1.44 bits per heavy atom. The molecule has 0 aromatic heterocycles. The zero-order chi connectivity index (χ0) is 24.1. The fourth-order valence-corrected chi connectivity index (χ4v) is 4.11. The molecule has 0 N–H and O–H groups in total. The summed E-state index contributed by atoms with van der Waals surface area (Å²) < 4.78 is 35.7. The predicted molar refractivity (Wildman–Crippen MR) is 132 cm³/mol. The summed E-state index contributed by atoms with van der Waals surface area (Å²) >= 11 is 0. The number of benzene rings is 3. The molecule has 34 heavy (non-hydrogen) atoms. The second kappa shape index (κ2) is 10.3. The first-order valence-electron chi connectivity index (χ1n) is 10.8. The summed E-state index contributed by atoms with van der Waals surface area (Å²) in [6.07, 6.45) is 4.53. The molecule has 0 fully saturated rings. The van der Waals surface area contributed by atoms with Crippen LogP contribution in [-0.4, -0.2) is 34.2 Å². The second-order valence-corrected chi connectivity index (χ2v) is 7.63. The SMILES string of the molecule is COc1cccc(/C=C/C2=NN(c3ccc(F)cc3)[C@@H](c3cccc(OC)c3OC)C2)c1OC. The highest BCUT2D eigenvalue weighted by atomic mass is 19.1. The fraction of sp³-hybridized carbons (Fsp3) is 0.222. The van der Waals surface area contributed by atoms with Crippen LogP contribution < -0.4 is 24.0 Å². The lowest BCUT2D eigenvalue weighted by atomic mass is 9.99.